The number of carbonyl (C=O) groups is 2. The van der Waals surface area contributed by atoms with E-state index < -0.39 is 0 Å². The molecule has 0 saturated heterocycles. The lowest BCUT2D eigenvalue weighted by Gasteiger charge is -2.24. The molecule has 1 aliphatic carbocycles. The van der Waals surface area contributed by atoms with Crippen LogP contribution in [-0.2, 0) is 22.4 Å². The molecule has 0 bridgehead atoms. The van der Waals surface area contributed by atoms with Gasteiger partial charge in [-0.25, -0.2) is 0 Å². The first-order valence-electron chi connectivity index (χ1n) is 10.9. The summed E-state index contributed by atoms with van der Waals surface area (Å²) in [6, 6.07) is 4.35. The first-order valence-corrected chi connectivity index (χ1v) is 10.9. The highest BCUT2D eigenvalue weighted by Gasteiger charge is 2.41. The van der Waals surface area contributed by atoms with Crippen molar-refractivity contribution in [2.24, 2.45) is 17.8 Å². The molecule has 3 nitrogen and oxygen atoms in total. The van der Waals surface area contributed by atoms with Crippen LogP contribution in [0.25, 0.3) is 0 Å². The second kappa shape index (κ2) is 8.23. The zero-order valence-corrected chi connectivity index (χ0v) is 18.3. The van der Waals surface area contributed by atoms with E-state index in [1.807, 2.05) is 0 Å². The van der Waals surface area contributed by atoms with Crippen molar-refractivity contribution in [1.29, 1.82) is 0 Å². The Morgan fingerprint density at radius 3 is 2.04 bits per heavy atom. The normalized spacial score (nSPS) is 21.7. The fraction of sp³-hybridized carbons (Fsp3) is 0.600. The molecule has 1 aromatic rings. The Labute approximate surface area is 170 Å². The minimum absolute atomic E-state index is 0.118. The van der Waals surface area contributed by atoms with Gasteiger partial charge in [0.15, 0.2) is 0 Å². The summed E-state index contributed by atoms with van der Waals surface area (Å²) in [6.45, 7) is 13.6. The predicted molar refractivity (Wildman–Crippen MR) is 114 cm³/mol. The molecule has 0 aromatic heterocycles. The topological polar surface area (TPSA) is 37.4 Å². The van der Waals surface area contributed by atoms with Crippen molar-refractivity contribution in [3.63, 3.8) is 0 Å². The van der Waals surface area contributed by atoms with E-state index in [4.69, 9.17) is 0 Å². The average molecular weight is 382 g/mol. The molecule has 3 heteroatoms. The highest BCUT2D eigenvalue weighted by molar-refractivity contribution is 6.13. The van der Waals surface area contributed by atoms with Crippen LogP contribution in [0.2, 0.25) is 0 Å². The lowest BCUT2D eigenvalue weighted by atomic mass is 9.82. The van der Waals surface area contributed by atoms with Gasteiger partial charge < -0.3 is 0 Å². The molecule has 152 valence electrons. The maximum Gasteiger partial charge on any atom is 0.254 e. The van der Waals surface area contributed by atoms with E-state index in [-0.39, 0.29) is 17.9 Å². The first-order chi connectivity index (χ1) is 13.2. The van der Waals surface area contributed by atoms with E-state index >= 15 is 0 Å². The Bertz CT molecular complexity index is 770. The molecular weight excluding hydrogens is 346 g/mol. The molecule has 0 fully saturated rings. The van der Waals surface area contributed by atoms with Crippen LogP contribution in [0.1, 0.15) is 88.6 Å². The van der Waals surface area contributed by atoms with Gasteiger partial charge in [0.2, 0.25) is 0 Å². The van der Waals surface area contributed by atoms with Crippen LogP contribution in [-0.4, -0.2) is 16.7 Å². The summed E-state index contributed by atoms with van der Waals surface area (Å²) in [5.74, 6) is 1.86. The van der Waals surface area contributed by atoms with Gasteiger partial charge in [0.1, 0.15) is 0 Å². The monoisotopic (exact) mass is 381 g/mol. The number of hydrogen-bond donors (Lipinski definition) is 0. The molecule has 1 aromatic carbocycles. The highest BCUT2D eigenvalue weighted by Crippen LogP contribution is 2.49. The van der Waals surface area contributed by atoms with E-state index in [0.717, 1.165) is 25.7 Å². The Morgan fingerprint density at radius 1 is 0.893 bits per heavy atom. The number of amides is 2. The van der Waals surface area contributed by atoms with E-state index in [0.29, 0.717) is 23.7 Å². The van der Waals surface area contributed by atoms with Gasteiger partial charge >= 0.3 is 0 Å². The molecule has 1 aliphatic heterocycles. The smallest absolute Gasteiger partial charge is 0.254 e. The summed E-state index contributed by atoms with van der Waals surface area (Å²) in [5, 5.41) is 0. The van der Waals surface area contributed by atoms with Gasteiger partial charge in [-0.3, -0.25) is 14.5 Å². The molecule has 0 saturated carbocycles. The van der Waals surface area contributed by atoms with E-state index in [2.05, 4.69) is 53.7 Å². The molecule has 2 atom stereocenters. The van der Waals surface area contributed by atoms with Crippen molar-refractivity contribution >= 4 is 11.8 Å². The largest absolute Gasteiger partial charge is 0.269 e. The molecule has 0 radical (unpaired) electrons. The fourth-order valence-corrected chi connectivity index (χ4v) is 5.04. The van der Waals surface area contributed by atoms with Crippen molar-refractivity contribution in [2.75, 3.05) is 0 Å². The fourth-order valence-electron chi connectivity index (χ4n) is 5.04. The van der Waals surface area contributed by atoms with Gasteiger partial charge in [0.25, 0.3) is 11.8 Å². The Balaban J connectivity index is 2.12. The third kappa shape index (κ3) is 4.09. The third-order valence-electron chi connectivity index (χ3n) is 5.91. The van der Waals surface area contributed by atoms with E-state index in [1.54, 1.807) is 0 Å². The molecule has 2 aliphatic rings. The van der Waals surface area contributed by atoms with Crippen molar-refractivity contribution in [1.82, 2.24) is 4.90 Å². The minimum Gasteiger partial charge on any atom is -0.269 e. The van der Waals surface area contributed by atoms with Crippen LogP contribution in [0.15, 0.2) is 24.3 Å². The quantitative estimate of drug-likeness (QED) is 0.578. The van der Waals surface area contributed by atoms with Crippen LogP contribution < -0.4 is 0 Å². The number of fused-ring (bicyclic) bond motifs is 1. The van der Waals surface area contributed by atoms with Crippen molar-refractivity contribution in [2.45, 2.75) is 79.2 Å². The molecule has 1 heterocycles. The predicted octanol–water partition coefficient (Wildman–Crippen LogP) is 5.58. The summed E-state index contributed by atoms with van der Waals surface area (Å²) >= 11 is 0. The minimum atomic E-state index is -0.164. The number of rotatable bonds is 7. The van der Waals surface area contributed by atoms with E-state index in [9.17, 15) is 9.59 Å². The lowest BCUT2D eigenvalue weighted by Crippen LogP contribution is -2.33. The van der Waals surface area contributed by atoms with Crippen LogP contribution in [0.5, 0.6) is 0 Å². The van der Waals surface area contributed by atoms with Gasteiger partial charge in [-0.2, -0.15) is 0 Å². The maximum atomic E-state index is 12.4. The van der Waals surface area contributed by atoms with Gasteiger partial charge in [-0.05, 0) is 71.6 Å². The molecule has 2 amide bonds. The highest BCUT2D eigenvalue weighted by atomic mass is 16.2. The third-order valence-corrected chi connectivity index (χ3v) is 5.91. The van der Waals surface area contributed by atoms with Crippen LogP contribution >= 0.6 is 0 Å². The molecule has 0 N–H and O–H groups in total. The molecule has 0 spiro atoms. The van der Waals surface area contributed by atoms with Gasteiger partial charge in [0, 0.05) is 12.2 Å². The summed E-state index contributed by atoms with van der Waals surface area (Å²) in [6.07, 6.45) is 6.94. The van der Waals surface area contributed by atoms with Gasteiger partial charge in [-0.15, -0.1) is 0 Å². The molecular formula is C25H35NO2. The molecule has 0 unspecified atom stereocenters. The summed E-state index contributed by atoms with van der Waals surface area (Å²) in [4.78, 5) is 26.3. The summed E-state index contributed by atoms with van der Waals surface area (Å²) < 4.78 is 0. The Kier molecular flexibility index (Phi) is 6.12. The van der Waals surface area contributed by atoms with Crippen LogP contribution in [0.4, 0.5) is 0 Å². The van der Waals surface area contributed by atoms with Gasteiger partial charge in [0.05, 0.1) is 6.04 Å². The van der Waals surface area contributed by atoms with Crippen LogP contribution in [0.3, 0.4) is 0 Å². The standard InChI is InChI=1S/C25H35NO2/c1-15(2)11-18-7-8-20-22(26-23(27)9-10-24(26)28)14-19(12-16(3)4)25(20)21(18)13-17(5)6/h7-10,15-17,19,22H,11-14H2,1-6H3/t19-,22-/m0/s1. The maximum absolute atomic E-state index is 12.4. The number of nitrogens with zero attached hydrogens (tertiary/aromatic N) is 1. The zero-order valence-electron chi connectivity index (χ0n) is 18.3. The summed E-state index contributed by atoms with van der Waals surface area (Å²) in [5.41, 5.74) is 5.59. The number of hydrogen-bond acceptors (Lipinski definition) is 2. The molecule has 3 rings (SSSR count). The van der Waals surface area contributed by atoms with Crippen LogP contribution in [0, 0.1) is 17.8 Å². The van der Waals surface area contributed by atoms with Crippen molar-refractivity contribution < 1.29 is 9.59 Å². The second-order valence-electron chi connectivity index (χ2n) is 9.86. The van der Waals surface area contributed by atoms with Crippen molar-refractivity contribution in [3.8, 4) is 0 Å². The number of carbonyl (C=O) groups excluding carboxylic acids is 2. The Morgan fingerprint density at radius 2 is 1.50 bits per heavy atom. The van der Waals surface area contributed by atoms with Crippen molar-refractivity contribution in [3.05, 3.63) is 46.5 Å². The number of benzene rings is 1. The average Bonchev–Trinajstić information content (AvgIpc) is 3.08. The lowest BCUT2D eigenvalue weighted by molar-refractivity contribution is -0.139. The zero-order chi connectivity index (χ0) is 20.6. The Hall–Kier alpha value is -1.90. The van der Waals surface area contributed by atoms with E-state index in [1.165, 1.54) is 39.3 Å². The second-order valence-corrected chi connectivity index (χ2v) is 9.86. The molecule has 28 heavy (non-hydrogen) atoms. The number of imide groups is 1. The first kappa shape index (κ1) is 20.8. The van der Waals surface area contributed by atoms with Gasteiger partial charge in [-0.1, -0.05) is 53.7 Å². The summed E-state index contributed by atoms with van der Waals surface area (Å²) in [7, 11) is 0. The SMILES string of the molecule is CC(C)Cc1ccc2c(c1CC(C)C)[C@@H](CC(C)C)C[C@@H]2N1C(=O)C=CC1=O.